The van der Waals surface area contributed by atoms with Gasteiger partial charge >= 0.3 is 0 Å². The SMILES string of the molecule is CN1C[S+]([O-])c2cc(CCCCN3C(=O)c4ccccc4C3=O)ccc21. The molecule has 26 heavy (non-hydrogen) atoms. The fourth-order valence-corrected chi connectivity index (χ4v) is 4.94. The van der Waals surface area contributed by atoms with E-state index in [0.717, 1.165) is 35.4 Å². The summed E-state index contributed by atoms with van der Waals surface area (Å²) in [5.74, 6) is 0.168. The Balaban J connectivity index is 1.34. The molecule has 0 bridgehead atoms. The van der Waals surface area contributed by atoms with Crippen LogP contribution in [0.1, 0.15) is 39.1 Å². The van der Waals surface area contributed by atoms with E-state index in [9.17, 15) is 14.1 Å². The zero-order valence-electron chi connectivity index (χ0n) is 14.6. The van der Waals surface area contributed by atoms with Gasteiger partial charge in [0.1, 0.15) is 0 Å². The number of hydrogen-bond acceptors (Lipinski definition) is 4. The van der Waals surface area contributed by atoms with Crippen molar-refractivity contribution in [1.82, 2.24) is 4.90 Å². The van der Waals surface area contributed by atoms with Crippen molar-refractivity contribution in [2.45, 2.75) is 24.2 Å². The van der Waals surface area contributed by atoms with Crippen LogP contribution in [-0.4, -0.2) is 40.7 Å². The van der Waals surface area contributed by atoms with Gasteiger partial charge in [-0.2, -0.15) is 0 Å². The summed E-state index contributed by atoms with van der Waals surface area (Å²) in [6, 6.07) is 13.1. The fraction of sp³-hybridized carbons (Fsp3) is 0.300. The second-order valence-electron chi connectivity index (χ2n) is 6.74. The molecule has 0 fully saturated rings. The predicted octanol–water partition coefficient (Wildman–Crippen LogP) is 2.82. The third-order valence-electron chi connectivity index (χ3n) is 4.97. The maximum atomic E-state index is 12.3. The lowest BCUT2D eigenvalue weighted by molar-refractivity contribution is 0.0652. The number of anilines is 1. The van der Waals surface area contributed by atoms with Gasteiger partial charge < -0.3 is 9.45 Å². The number of imide groups is 1. The summed E-state index contributed by atoms with van der Waals surface area (Å²) in [6.07, 6.45) is 2.47. The molecule has 0 spiro atoms. The summed E-state index contributed by atoms with van der Waals surface area (Å²) in [6.45, 7) is 0.436. The van der Waals surface area contributed by atoms with Crippen molar-refractivity contribution in [3.8, 4) is 0 Å². The van der Waals surface area contributed by atoms with Crippen molar-refractivity contribution in [2.24, 2.45) is 0 Å². The Hall–Kier alpha value is -2.31. The van der Waals surface area contributed by atoms with Crippen molar-refractivity contribution < 1.29 is 14.1 Å². The molecule has 0 saturated heterocycles. The zero-order valence-corrected chi connectivity index (χ0v) is 15.4. The van der Waals surface area contributed by atoms with Gasteiger partial charge in [0, 0.05) is 24.8 Å². The normalized spacial score (nSPS) is 18.5. The van der Waals surface area contributed by atoms with Crippen LogP contribution in [-0.2, 0) is 17.6 Å². The molecule has 2 aliphatic rings. The average Bonchev–Trinajstić information content (AvgIpc) is 3.07. The summed E-state index contributed by atoms with van der Waals surface area (Å²) in [5.41, 5.74) is 3.19. The highest BCUT2D eigenvalue weighted by Crippen LogP contribution is 2.33. The molecule has 2 aliphatic heterocycles. The topological polar surface area (TPSA) is 63.7 Å². The second-order valence-corrected chi connectivity index (χ2v) is 8.13. The molecule has 2 amide bonds. The molecule has 2 heterocycles. The average molecular weight is 368 g/mol. The van der Waals surface area contributed by atoms with Crippen molar-refractivity contribution in [2.75, 3.05) is 24.4 Å². The molecule has 4 rings (SSSR count). The highest BCUT2D eigenvalue weighted by atomic mass is 32.2. The van der Waals surface area contributed by atoms with Gasteiger partial charge in [-0.25, -0.2) is 0 Å². The maximum absolute atomic E-state index is 12.3. The van der Waals surface area contributed by atoms with Gasteiger partial charge in [-0.1, -0.05) is 18.2 Å². The van der Waals surface area contributed by atoms with Crippen molar-refractivity contribution in [3.05, 3.63) is 59.2 Å². The van der Waals surface area contributed by atoms with Gasteiger partial charge in [-0.05, 0) is 49.1 Å². The summed E-state index contributed by atoms with van der Waals surface area (Å²) >= 11 is -0.951. The van der Waals surface area contributed by atoms with Crippen LogP contribution in [0.2, 0.25) is 0 Å². The van der Waals surface area contributed by atoms with Gasteiger partial charge in [0.2, 0.25) is 0 Å². The number of fused-ring (bicyclic) bond motifs is 2. The number of aryl methyl sites for hydroxylation is 1. The lowest BCUT2D eigenvalue weighted by atomic mass is 10.1. The largest absolute Gasteiger partial charge is 0.610 e. The Labute approximate surface area is 155 Å². The van der Waals surface area contributed by atoms with Crippen LogP contribution in [0.15, 0.2) is 47.4 Å². The minimum atomic E-state index is -0.951. The third-order valence-corrected chi connectivity index (χ3v) is 6.41. The first kappa shape index (κ1) is 17.1. The Bertz CT molecular complexity index is 848. The van der Waals surface area contributed by atoms with Crippen molar-refractivity contribution in [1.29, 1.82) is 0 Å². The number of carbonyl (C=O) groups excluding carboxylic acids is 2. The Morgan fingerprint density at radius 2 is 1.73 bits per heavy atom. The van der Waals surface area contributed by atoms with E-state index in [1.807, 2.05) is 24.1 Å². The minimum Gasteiger partial charge on any atom is -0.610 e. The molecular weight excluding hydrogens is 348 g/mol. The second kappa shape index (κ2) is 6.78. The highest BCUT2D eigenvalue weighted by Gasteiger charge is 2.34. The number of benzene rings is 2. The monoisotopic (exact) mass is 368 g/mol. The van der Waals surface area contributed by atoms with Crippen LogP contribution in [0.5, 0.6) is 0 Å². The van der Waals surface area contributed by atoms with Crippen molar-refractivity contribution in [3.63, 3.8) is 0 Å². The van der Waals surface area contributed by atoms with Crippen LogP contribution in [0.3, 0.4) is 0 Å². The summed E-state index contributed by atoms with van der Waals surface area (Å²) in [5, 5.41) is 0. The van der Waals surface area contributed by atoms with Gasteiger partial charge in [0.15, 0.2) is 10.8 Å². The lowest BCUT2D eigenvalue weighted by Crippen LogP contribution is -2.30. The third kappa shape index (κ3) is 2.89. The summed E-state index contributed by atoms with van der Waals surface area (Å²) < 4.78 is 12.1. The molecule has 6 heteroatoms. The number of unbranched alkanes of at least 4 members (excludes halogenated alkanes) is 1. The van der Waals surface area contributed by atoms with Gasteiger partial charge in [-0.15, -0.1) is 0 Å². The summed E-state index contributed by atoms with van der Waals surface area (Å²) in [7, 11) is 1.95. The first-order valence-electron chi connectivity index (χ1n) is 8.74. The first-order chi connectivity index (χ1) is 12.6. The van der Waals surface area contributed by atoms with Crippen molar-refractivity contribution >= 4 is 28.7 Å². The number of carbonyl (C=O) groups is 2. The van der Waals surface area contributed by atoms with Crippen LogP contribution in [0.4, 0.5) is 5.69 Å². The summed E-state index contributed by atoms with van der Waals surface area (Å²) in [4.78, 5) is 28.9. The number of nitrogens with zero attached hydrogens (tertiary/aromatic N) is 2. The fourth-order valence-electron chi connectivity index (χ4n) is 3.57. The highest BCUT2D eigenvalue weighted by molar-refractivity contribution is 7.92. The van der Waals surface area contributed by atoms with E-state index in [0.29, 0.717) is 23.5 Å². The number of rotatable bonds is 5. The lowest BCUT2D eigenvalue weighted by Gasteiger charge is -2.13. The Morgan fingerprint density at radius 1 is 1.04 bits per heavy atom. The predicted molar refractivity (Wildman–Crippen MR) is 101 cm³/mol. The molecular formula is C20H20N2O3S. The van der Waals surface area contributed by atoms with E-state index in [-0.39, 0.29) is 11.8 Å². The molecule has 0 radical (unpaired) electrons. The number of hydrogen-bond donors (Lipinski definition) is 0. The standard InChI is InChI=1S/C20H20N2O3S/c1-21-13-26(25)18-12-14(9-10-17(18)21)6-4-5-11-22-19(23)15-7-2-3-8-16(15)20(22)24/h2-3,7-10,12H,4-6,11,13H2,1H3. The van der Waals surface area contributed by atoms with Crippen LogP contribution >= 0.6 is 0 Å². The first-order valence-corrected chi connectivity index (χ1v) is 10.1. The van der Waals surface area contributed by atoms with Gasteiger partial charge in [-0.3, -0.25) is 14.5 Å². The van der Waals surface area contributed by atoms with E-state index < -0.39 is 11.2 Å². The van der Waals surface area contributed by atoms with Crippen LogP contribution in [0.25, 0.3) is 0 Å². The Kier molecular flexibility index (Phi) is 4.46. The van der Waals surface area contributed by atoms with E-state index >= 15 is 0 Å². The molecule has 0 aliphatic carbocycles. The quantitative estimate of drug-likeness (QED) is 0.462. The number of amides is 2. The molecule has 2 aromatic carbocycles. The molecule has 0 N–H and O–H groups in total. The van der Waals surface area contributed by atoms with Gasteiger partial charge in [0.05, 0.1) is 16.8 Å². The zero-order chi connectivity index (χ0) is 18.3. The van der Waals surface area contributed by atoms with E-state index in [1.165, 1.54) is 4.90 Å². The molecule has 5 nitrogen and oxygen atoms in total. The van der Waals surface area contributed by atoms with Crippen LogP contribution < -0.4 is 4.90 Å². The molecule has 1 unspecified atom stereocenters. The van der Waals surface area contributed by atoms with E-state index in [4.69, 9.17) is 0 Å². The molecule has 2 aromatic rings. The van der Waals surface area contributed by atoms with Crippen LogP contribution in [0, 0.1) is 0 Å². The smallest absolute Gasteiger partial charge is 0.261 e. The molecule has 1 atom stereocenters. The molecule has 134 valence electrons. The van der Waals surface area contributed by atoms with E-state index in [1.54, 1.807) is 24.3 Å². The van der Waals surface area contributed by atoms with Gasteiger partial charge in [0.25, 0.3) is 11.8 Å². The minimum absolute atomic E-state index is 0.193. The molecule has 0 aromatic heterocycles. The molecule has 0 saturated carbocycles. The maximum Gasteiger partial charge on any atom is 0.261 e. The Morgan fingerprint density at radius 3 is 2.42 bits per heavy atom. The van der Waals surface area contributed by atoms with E-state index in [2.05, 4.69) is 6.07 Å².